The first-order valence-electron chi connectivity index (χ1n) is 3.73. The van der Waals surface area contributed by atoms with Crippen LogP contribution >= 0.6 is 11.6 Å². The van der Waals surface area contributed by atoms with Crippen LogP contribution in [-0.2, 0) is 10.0 Å². The van der Waals surface area contributed by atoms with Gasteiger partial charge in [0.25, 0.3) is 0 Å². The van der Waals surface area contributed by atoms with E-state index >= 15 is 0 Å². The highest BCUT2D eigenvalue weighted by atomic mass is 35.5. The van der Waals surface area contributed by atoms with E-state index in [0.717, 1.165) is 0 Å². The van der Waals surface area contributed by atoms with Gasteiger partial charge in [-0.1, -0.05) is 11.6 Å². The molecule has 0 saturated carbocycles. The summed E-state index contributed by atoms with van der Waals surface area (Å²) in [5.41, 5.74) is 0.629. The number of halogens is 1. The fourth-order valence-electron chi connectivity index (χ4n) is 1.17. The highest BCUT2D eigenvalue weighted by Gasteiger charge is 2.17. The van der Waals surface area contributed by atoms with Crippen molar-refractivity contribution < 1.29 is 13.2 Å². The molecular weight excluding hydrogens is 226 g/mol. The van der Waals surface area contributed by atoms with Crippen LogP contribution in [0.15, 0.2) is 17.0 Å². The molecule has 0 fully saturated rings. The second-order valence-corrected chi connectivity index (χ2v) is 4.77. The zero-order valence-corrected chi connectivity index (χ0v) is 9.32. The summed E-state index contributed by atoms with van der Waals surface area (Å²) in [7, 11) is -2.42. The van der Waals surface area contributed by atoms with Gasteiger partial charge in [0.05, 0.1) is 7.11 Å². The molecular formula is C8H10ClNO3S. The highest BCUT2D eigenvalue weighted by molar-refractivity contribution is 7.89. The van der Waals surface area contributed by atoms with Gasteiger partial charge in [0.2, 0.25) is 10.0 Å². The Morgan fingerprint density at radius 1 is 1.43 bits per heavy atom. The summed E-state index contributed by atoms with van der Waals surface area (Å²) in [5, 5.41) is 5.32. The molecule has 14 heavy (non-hydrogen) atoms. The second-order valence-electron chi connectivity index (χ2n) is 2.80. The van der Waals surface area contributed by atoms with Crippen LogP contribution in [0.25, 0.3) is 0 Å². The number of hydrogen-bond acceptors (Lipinski definition) is 3. The minimum atomic E-state index is -3.80. The first kappa shape index (κ1) is 11.3. The molecule has 2 N–H and O–H groups in total. The molecule has 4 nitrogen and oxygen atoms in total. The van der Waals surface area contributed by atoms with E-state index in [-0.39, 0.29) is 10.6 Å². The molecule has 0 saturated heterocycles. The number of hydrogen-bond donors (Lipinski definition) is 1. The van der Waals surface area contributed by atoms with Crippen LogP contribution in [0.1, 0.15) is 5.56 Å². The summed E-state index contributed by atoms with van der Waals surface area (Å²) in [6.07, 6.45) is 0. The first-order valence-corrected chi connectivity index (χ1v) is 5.65. The van der Waals surface area contributed by atoms with E-state index in [9.17, 15) is 8.42 Å². The maximum absolute atomic E-state index is 11.2. The highest BCUT2D eigenvalue weighted by Crippen LogP contribution is 2.30. The van der Waals surface area contributed by atoms with Crippen LogP contribution in [0.2, 0.25) is 5.02 Å². The minimum absolute atomic E-state index is 0.0926. The zero-order valence-electron chi connectivity index (χ0n) is 7.74. The van der Waals surface area contributed by atoms with Crippen molar-refractivity contribution in [2.75, 3.05) is 7.11 Å². The van der Waals surface area contributed by atoms with Gasteiger partial charge < -0.3 is 4.74 Å². The molecule has 0 unspecified atom stereocenters. The Morgan fingerprint density at radius 2 is 2.00 bits per heavy atom. The van der Waals surface area contributed by atoms with Gasteiger partial charge >= 0.3 is 0 Å². The Bertz CT molecular complexity index is 456. The molecule has 0 radical (unpaired) electrons. The van der Waals surface area contributed by atoms with Crippen molar-refractivity contribution in [2.45, 2.75) is 11.8 Å². The average Bonchev–Trinajstić information content (AvgIpc) is 2.01. The molecule has 6 heteroatoms. The number of benzene rings is 1. The minimum Gasteiger partial charge on any atom is -0.495 e. The molecule has 0 aliphatic carbocycles. The molecule has 0 aromatic heterocycles. The van der Waals surface area contributed by atoms with Gasteiger partial charge in [0.1, 0.15) is 10.6 Å². The number of rotatable bonds is 2. The quantitative estimate of drug-likeness (QED) is 0.840. The van der Waals surface area contributed by atoms with Crippen molar-refractivity contribution in [3.05, 3.63) is 22.7 Å². The predicted octanol–water partition coefficient (Wildman–Crippen LogP) is 1.30. The molecule has 1 rings (SSSR count). The number of primary sulfonamides is 1. The summed E-state index contributed by atoms with van der Waals surface area (Å²) in [5.74, 6) is 0.233. The van der Waals surface area contributed by atoms with E-state index in [2.05, 4.69) is 0 Å². The predicted molar refractivity (Wildman–Crippen MR) is 54.1 cm³/mol. The molecule has 1 aromatic carbocycles. The summed E-state index contributed by atoms with van der Waals surface area (Å²) in [6.45, 7) is 1.69. The smallest absolute Gasteiger partial charge is 0.241 e. The van der Waals surface area contributed by atoms with E-state index in [0.29, 0.717) is 10.6 Å². The number of ether oxygens (including phenoxy) is 1. The van der Waals surface area contributed by atoms with Gasteiger partial charge in [-0.25, -0.2) is 13.6 Å². The largest absolute Gasteiger partial charge is 0.495 e. The fraction of sp³-hybridized carbons (Fsp3) is 0.250. The topological polar surface area (TPSA) is 69.4 Å². The van der Waals surface area contributed by atoms with Gasteiger partial charge in [-0.15, -0.1) is 0 Å². The molecule has 0 spiro atoms. The Hall–Kier alpha value is -0.780. The average molecular weight is 236 g/mol. The van der Waals surface area contributed by atoms with Crippen molar-refractivity contribution >= 4 is 21.6 Å². The number of nitrogens with two attached hydrogens (primary N) is 1. The van der Waals surface area contributed by atoms with Crippen LogP contribution in [0.5, 0.6) is 5.75 Å². The summed E-state index contributed by atoms with van der Waals surface area (Å²) in [4.78, 5) is -0.0926. The van der Waals surface area contributed by atoms with Gasteiger partial charge in [-0.2, -0.15) is 0 Å². The molecule has 0 heterocycles. The SMILES string of the molecule is COc1c(C)cc(Cl)cc1S(N)(=O)=O. The maximum atomic E-state index is 11.2. The lowest BCUT2D eigenvalue weighted by Gasteiger charge is -2.09. The lowest BCUT2D eigenvalue weighted by atomic mass is 10.2. The summed E-state index contributed by atoms with van der Waals surface area (Å²) >= 11 is 5.71. The van der Waals surface area contributed by atoms with Crippen molar-refractivity contribution in [1.82, 2.24) is 0 Å². The zero-order chi connectivity index (χ0) is 10.9. The van der Waals surface area contributed by atoms with Gasteiger partial charge in [0, 0.05) is 5.02 Å². The van der Waals surface area contributed by atoms with E-state index in [4.69, 9.17) is 21.5 Å². The third-order valence-corrected chi connectivity index (χ3v) is 2.85. The molecule has 0 bridgehead atoms. The Kier molecular flexibility index (Phi) is 3.04. The maximum Gasteiger partial charge on any atom is 0.241 e. The van der Waals surface area contributed by atoms with Crippen LogP contribution in [0.4, 0.5) is 0 Å². The molecule has 1 aromatic rings. The second kappa shape index (κ2) is 3.76. The van der Waals surface area contributed by atoms with Crippen LogP contribution < -0.4 is 9.88 Å². The van der Waals surface area contributed by atoms with Gasteiger partial charge in [-0.3, -0.25) is 0 Å². The van der Waals surface area contributed by atoms with Crippen molar-refractivity contribution in [2.24, 2.45) is 5.14 Å². The van der Waals surface area contributed by atoms with E-state index in [1.807, 2.05) is 0 Å². The standard InChI is InChI=1S/C8H10ClNO3S/c1-5-3-6(9)4-7(8(5)13-2)14(10,11)12/h3-4H,1-2H3,(H2,10,11,12). The van der Waals surface area contributed by atoms with Crippen molar-refractivity contribution in [3.63, 3.8) is 0 Å². The molecule has 0 amide bonds. The van der Waals surface area contributed by atoms with E-state index in [1.165, 1.54) is 13.2 Å². The Labute approximate surface area is 87.7 Å². The number of sulfonamides is 1. The third-order valence-electron chi connectivity index (χ3n) is 1.72. The summed E-state index contributed by atoms with van der Waals surface area (Å²) < 4.78 is 27.3. The summed E-state index contributed by atoms with van der Waals surface area (Å²) in [6, 6.07) is 2.87. The molecule has 0 atom stereocenters. The van der Waals surface area contributed by atoms with Gasteiger partial charge in [-0.05, 0) is 24.6 Å². The number of methoxy groups -OCH3 is 1. The van der Waals surface area contributed by atoms with Gasteiger partial charge in [0.15, 0.2) is 0 Å². The third kappa shape index (κ3) is 2.17. The van der Waals surface area contributed by atoms with E-state index < -0.39 is 10.0 Å². The lowest BCUT2D eigenvalue weighted by molar-refractivity contribution is 0.399. The molecule has 0 aliphatic rings. The Morgan fingerprint density at radius 3 is 2.43 bits per heavy atom. The lowest BCUT2D eigenvalue weighted by Crippen LogP contribution is -2.14. The number of aryl methyl sites for hydroxylation is 1. The van der Waals surface area contributed by atoms with Crippen LogP contribution in [0.3, 0.4) is 0 Å². The molecule has 0 aliphatic heterocycles. The molecule has 78 valence electrons. The van der Waals surface area contributed by atoms with Crippen LogP contribution in [0, 0.1) is 6.92 Å². The van der Waals surface area contributed by atoms with E-state index in [1.54, 1.807) is 13.0 Å². The van der Waals surface area contributed by atoms with Crippen molar-refractivity contribution in [1.29, 1.82) is 0 Å². The Balaban J connectivity index is 3.56. The first-order chi connectivity index (χ1) is 6.36. The fourth-order valence-corrected chi connectivity index (χ4v) is 2.30. The van der Waals surface area contributed by atoms with Crippen molar-refractivity contribution in [3.8, 4) is 5.75 Å². The normalized spacial score (nSPS) is 11.4. The monoisotopic (exact) mass is 235 g/mol. The van der Waals surface area contributed by atoms with Crippen LogP contribution in [-0.4, -0.2) is 15.5 Å².